The Labute approximate surface area is 202 Å². The maximum atomic E-state index is 12.8. The van der Waals surface area contributed by atoms with E-state index in [9.17, 15) is 19.2 Å². The lowest BCUT2D eigenvalue weighted by molar-refractivity contribution is -0.154. The highest BCUT2D eigenvalue weighted by molar-refractivity contribution is 9.12. The molecule has 0 radical (unpaired) electrons. The molecule has 1 N–H and O–H groups in total. The van der Waals surface area contributed by atoms with Gasteiger partial charge in [-0.05, 0) is 52.4 Å². The highest BCUT2D eigenvalue weighted by Gasteiger charge is 2.66. The van der Waals surface area contributed by atoms with Crippen LogP contribution in [0.1, 0.15) is 6.42 Å². The lowest BCUT2D eigenvalue weighted by Crippen LogP contribution is -2.38. The zero-order valence-electron chi connectivity index (χ0n) is 15.3. The van der Waals surface area contributed by atoms with Crippen molar-refractivity contribution in [2.75, 3.05) is 18.5 Å². The molecule has 3 aliphatic rings. The van der Waals surface area contributed by atoms with Gasteiger partial charge in [0.15, 0.2) is 6.61 Å². The minimum atomic E-state index is -0.807. The van der Waals surface area contributed by atoms with Crippen molar-refractivity contribution in [1.82, 2.24) is 4.90 Å². The summed E-state index contributed by atoms with van der Waals surface area (Å²) in [5, 5.41) is 2.98. The molecule has 0 spiro atoms. The van der Waals surface area contributed by atoms with Crippen LogP contribution in [0, 0.1) is 23.7 Å². The molecule has 2 bridgehead atoms. The molecule has 11 heteroatoms. The Morgan fingerprint density at radius 2 is 1.73 bits per heavy atom. The van der Waals surface area contributed by atoms with Gasteiger partial charge in [0.25, 0.3) is 5.91 Å². The Bertz CT molecular complexity index is 913. The van der Waals surface area contributed by atoms with Crippen molar-refractivity contribution in [3.63, 3.8) is 0 Å². The number of carbonyl (C=O) groups is 4. The molecule has 3 amide bonds. The summed E-state index contributed by atoms with van der Waals surface area (Å²) in [6.07, 6.45) is 0.817. The maximum Gasteiger partial charge on any atom is 0.326 e. The van der Waals surface area contributed by atoms with Crippen LogP contribution >= 0.6 is 59.4 Å². The van der Waals surface area contributed by atoms with E-state index >= 15 is 0 Å². The van der Waals surface area contributed by atoms with E-state index in [-0.39, 0.29) is 45.1 Å². The van der Waals surface area contributed by atoms with Crippen LogP contribution in [0.25, 0.3) is 0 Å². The van der Waals surface area contributed by atoms with Crippen LogP contribution in [0.15, 0.2) is 22.7 Å². The fourth-order valence-corrected chi connectivity index (χ4v) is 6.96. The molecule has 2 saturated carbocycles. The topological polar surface area (TPSA) is 92.8 Å². The predicted octanol–water partition coefficient (Wildman–Crippen LogP) is 3.36. The molecule has 0 unspecified atom stereocenters. The van der Waals surface area contributed by atoms with Crippen LogP contribution in [-0.4, -0.2) is 51.4 Å². The highest BCUT2D eigenvalue weighted by Crippen LogP contribution is 2.60. The summed E-state index contributed by atoms with van der Waals surface area (Å²) in [6.45, 7) is -1.02. The van der Waals surface area contributed by atoms with E-state index in [1.54, 1.807) is 18.2 Å². The molecular formula is C19H16Br3ClN2O5. The van der Waals surface area contributed by atoms with Crippen molar-refractivity contribution in [2.24, 2.45) is 23.7 Å². The number of rotatable bonds is 5. The number of nitrogens with one attached hydrogen (secondary N) is 1. The number of nitrogens with zero attached hydrogens (tertiary/aromatic N) is 1. The summed E-state index contributed by atoms with van der Waals surface area (Å²) in [4.78, 5) is 51.0. The monoisotopic (exact) mass is 624 g/mol. The van der Waals surface area contributed by atoms with Crippen molar-refractivity contribution in [2.45, 2.75) is 16.1 Å². The number of fused-ring (bicyclic) bond motifs is 5. The van der Waals surface area contributed by atoms with Gasteiger partial charge < -0.3 is 10.1 Å². The maximum absolute atomic E-state index is 12.8. The number of likely N-dealkylation sites (tertiary alicyclic amines) is 1. The van der Waals surface area contributed by atoms with E-state index in [1.807, 2.05) is 0 Å². The molecular weight excluding hydrogens is 611 g/mol. The van der Waals surface area contributed by atoms with Crippen LogP contribution in [0.4, 0.5) is 5.69 Å². The zero-order chi connectivity index (χ0) is 21.7. The smallest absolute Gasteiger partial charge is 0.326 e. The SMILES string of the molecule is O=C(COC(=O)CN1C(=O)[C@@H]2[C@H]3C[C@@H]([C@H](Br)[C@H]3Br)[C@H]2C1=O)Nc1ccc(Br)c(Cl)c1. The summed E-state index contributed by atoms with van der Waals surface area (Å²) in [6, 6.07) is 4.86. The second-order valence-electron chi connectivity index (χ2n) is 7.60. The van der Waals surface area contributed by atoms with Gasteiger partial charge in [0.1, 0.15) is 6.54 Å². The molecule has 0 aromatic heterocycles. The molecule has 30 heavy (non-hydrogen) atoms. The number of alkyl halides is 2. The van der Waals surface area contributed by atoms with Crippen LogP contribution in [0.2, 0.25) is 5.02 Å². The minimum absolute atomic E-state index is 0.0744. The van der Waals surface area contributed by atoms with E-state index in [0.717, 1.165) is 11.3 Å². The largest absolute Gasteiger partial charge is 0.454 e. The zero-order valence-corrected chi connectivity index (χ0v) is 20.8. The summed E-state index contributed by atoms with van der Waals surface area (Å²) in [5.41, 5.74) is 0.450. The summed E-state index contributed by atoms with van der Waals surface area (Å²) >= 11 is 16.5. The van der Waals surface area contributed by atoms with Gasteiger partial charge in [-0.15, -0.1) is 0 Å². The molecule has 1 aromatic carbocycles. The first-order valence-corrected chi connectivity index (χ1v) is 12.2. The summed E-state index contributed by atoms with van der Waals surface area (Å²) in [7, 11) is 0. The number of anilines is 1. The lowest BCUT2D eigenvalue weighted by atomic mass is 9.81. The van der Waals surface area contributed by atoms with Gasteiger partial charge in [-0.25, -0.2) is 0 Å². The Morgan fingerprint density at radius 3 is 2.30 bits per heavy atom. The Balaban J connectivity index is 1.31. The number of ether oxygens (including phenoxy) is 1. The number of benzene rings is 1. The van der Waals surface area contributed by atoms with Gasteiger partial charge >= 0.3 is 5.97 Å². The van der Waals surface area contributed by atoms with Gasteiger partial charge in [0, 0.05) is 19.8 Å². The summed E-state index contributed by atoms with van der Waals surface area (Å²) in [5.74, 6) is -2.65. The fraction of sp³-hybridized carbons (Fsp3) is 0.474. The van der Waals surface area contributed by atoms with E-state index in [4.69, 9.17) is 16.3 Å². The van der Waals surface area contributed by atoms with Crippen LogP contribution in [0.5, 0.6) is 0 Å². The third kappa shape index (κ3) is 3.84. The number of carbonyl (C=O) groups excluding carboxylic acids is 4. The van der Waals surface area contributed by atoms with Crippen molar-refractivity contribution in [3.05, 3.63) is 27.7 Å². The minimum Gasteiger partial charge on any atom is -0.454 e. The Morgan fingerprint density at radius 1 is 1.13 bits per heavy atom. The molecule has 1 saturated heterocycles. The highest BCUT2D eigenvalue weighted by atomic mass is 79.9. The second kappa shape index (κ2) is 8.52. The first-order valence-electron chi connectivity index (χ1n) is 9.23. The molecule has 6 atom stereocenters. The molecule has 1 heterocycles. The summed E-state index contributed by atoms with van der Waals surface area (Å²) < 4.78 is 5.65. The number of hydrogen-bond acceptors (Lipinski definition) is 5. The quantitative estimate of drug-likeness (QED) is 0.307. The normalized spacial score (nSPS) is 31.8. The number of hydrogen-bond donors (Lipinski definition) is 1. The van der Waals surface area contributed by atoms with Gasteiger partial charge in [0.05, 0.1) is 16.9 Å². The third-order valence-corrected chi connectivity index (χ3v) is 10.4. The third-order valence-electron chi connectivity index (χ3n) is 5.93. The molecule has 160 valence electrons. The predicted molar refractivity (Wildman–Crippen MR) is 119 cm³/mol. The van der Waals surface area contributed by atoms with Gasteiger partial charge in [-0.1, -0.05) is 43.5 Å². The molecule has 2 aliphatic carbocycles. The van der Waals surface area contributed by atoms with Crippen LogP contribution < -0.4 is 5.32 Å². The van der Waals surface area contributed by atoms with E-state index < -0.39 is 25.0 Å². The van der Waals surface area contributed by atoms with Crippen LogP contribution in [0.3, 0.4) is 0 Å². The van der Waals surface area contributed by atoms with Crippen molar-refractivity contribution in [3.8, 4) is 0 Å². The number of imide groups is 1. The standard InChI is InChI=1S/C19H16Br3ClN2O5/c20-10-2-1-7(3-11(10)23)24-12(26)6-30-13(27)5-25-18(28)14-8-4-9(15(14)19(25)29)17(22)16(8)21/h1-3,8-9,14-17H,4-6H2,(H,24,26)/t8-,9-,14-,15-,16+,17+/m1/s1. The van der Waals surface area contributed by atoms with Gasteiger partial charge in [0.2, 0.25) is 11.8 Å². The Kier molecular flexibility index (Phi) is 6.31. The molecule has 7 nitrogen and oxygen atoms in total. The van der Waals surface area contributed by atoms with Crippen molar-refractivity contribution in [1.29, 1.82) is 0 Å². The van der Waals surface area contributed by atoms with E-state index in [2.05, 4.69) is 53.1 Å². The van der Waals surface area contributed by atoms with Gasteiger partial charge in [-0.3, -0.25) is 24.1 Å². The lowest BCUT2D eigenvalue weighted by Gasteiger charge is -2.28. The molecule has 3 fully saturated rings. The van der Waals surface area contributed by atoms with E-state index in [0.29, 0.717) is 15.2 Å². The van der Waals surface area contributed by atoms with Crippen molar-refractivity contribution >= 4 is 88.8 Å². The van der Waals surface area contributed by atoms with Crippen molar-refractivity contribution < 1.29 is 23.9 Å². The first-order chi connectivity index (χ1) is 14.2. The van der Waals surface area contributed by atoms with Crippen LogP contribution in [-0.2, 0) is 23.9 Å². The van der Waals surface area contributed by atoms with E-state index in [1.165, 1.54) is 0 Å². The Hall–Kier alpha value is -0.970. The first kappa shape index (κ1) is 22.2. The number of amides is 3. The fourth-order valence-electron chi connectivity index (χ4n) is 4.66. The molecule has 1 aromatic rings. The number of esters is 1. The molecule has 4 rings (SSSR count). The average Bonchev–Trinajstić information content (AvgIpc) is 3.30. The average molecular weight is 628 g/mol. The number of halogens is 4. The molecule has 1 aliphatic heterocycles. The van der Waals surface area contributed by atoms with Gasteiger partial charge in [-0.2, -0.15) is 0 Å². The second-order valence-corrected chi connectivity index (χ2v) is 11.0.